The normalized spacial score (nSPS) is 11.0. The summed E-state index contributed by atoms with van der Waals surface area (Å²) in [6.07, 6.45) is 1.84. The molecule has 0 unspecified atom stereocenters. The number of nitrogens with one attached hydrogen (secondary N) is 2. The fourth-order valence-corrected chi connectivity index (χ4v) is 2.28. The van der Waals surface area contributed by atoms with Gasteiger partial charge >= 0.3 is 6.01 Å². The Kier molecular flexibility index (Phi) is 2.50. The molecule has 0 saturated carbocycles. The minimum Gasteiger partial charge on any atom is -0.423 e. The second kappa shape index (κ2) is 4.49. The highest BCUT2D eigenvalue weighted by molar-refractivity contribution is 6.05. The molecule has 0 radical (unpaired) electrons. The lowest BCUT2D eigenvalue weighted by molar-refractivity contribution is 0.102. The van der Waals surface area contributed by atoms with E-state index in [1.165, 1.54) is 0 Å². The number of anilines is 1. The van der Waals surface area contributed by atoms with E-state index in [1.807, 2.05) is 42.6 Å². The predicted molar refractivity (Wildman–Crippen MR) is 80.3 cm³/mol. The summed E-state index contributed by atoms with van der Waals surface area (Å²) < 4.78 is 5.48. The Balaban J connectivity index is 1.64. The van der Waals surface area contributed by atoms with Gasteiger partial charge in [0, 0.05) is 17.3 Å². The molecule has 4 rings (SSSR count). The number of aromatic nitrogens is 2. The molecule has 2 aromatic heterocycles. The van der Waals surface area contributed by atoms with Gasteiger partial charge < -0.3 is 9.40 Å². The molecular formula is C16H11N3O2. The Morgan fingerprint density at radius 1 is 1.14 bits per heavy atom. The first kappa shape index (κ1) is 11.7. The van der Waals surface area contributed by atoms with Crippen LogP contribution in [-0.2, 0) is 0 Å². The Morgan fingerprint density at radius 3 is 2.95 bits per heavy atom. The summed E-state index contributed by atoms with van der Waals surface area (Å²) >= 11 is 0. The summed E-state index contributed by atoms with van der Waals surface area (Å²) in [4.78, 5) is 19.5. The quantitative estimate of drug-likeness (QED) is 0.588. The monoisotopic (exact) mass is 277 g/mol. The van der Waals surface area contributed by atoms with Crippen molar-refractivity contribution in [3.8, 4) is 0 Å². The van der Waals surface area contributed by atoms with Crippen LogP contribution in [0.1, 0.15) is 10.4 Å². The highest BCUT2D eigenvalue weighted by Crippen LogP contribution is 2.19. The highest BCUT2D eigenvalue weighted by Gasteiger charge is 2.11. The van der Waals surface area contributed by atoms with E-state index in [4.69, 9.17) is 4.42 Å². The molecule has 0 bridgehead atoms. The van der Waals surface area contributed by atoms with Crippen LogP contribution in [0.15, 0.2) is 59.1 Å². The van der Waals surface area contributed by atoms with Gasteiger partial charge in [0.15, 0.2) is 5.58 Å². The number of rotatable bonds is 2. The molecule has 5 nitrogen and oxygen atoms in total. The lowest BCUT2D eigenvalue weighted by Gasteiger charge is -2.01. The van der Waals surface area contributed by atoms with Crippen molar-refractivity contribution >= 4 is 33.9 Å². The smallest absolute Gasteiger partial charge is 0.302 e. The number of aromatic amines is 1. The summed E-state index contributed by atoms with van der Waals surface area (Å²) in [6.45, 7) is 0. The molecule has 4 aromatic rings. The lowest BCUT2D eigenvalue weighted by atomic mass is 10.1. The standard InChI is InChI=1S/C16H11N3O2/c20-15(11-6-5-10-7-8-17-13(10)9-11)19-16-18-12-3-1-2-4-14(12)21-16/h1-9,17H,(H,18,19,20). The van der Waals surface area contributed by atoms with Crippen LogP contribution in [0, 0.1) is 0 Å². The average Bonchev–Trinajstić information content (AvgIpc) is 3.11. The maximum Gasteiger partial charge on any atom is 0.302 e. The van der Waals surface area contributed by atoms with Crippen molar-refractivity contribution < 1.29 is 9.21 Å². The second-order valence-corrected chi connectivity index (χ2v) is 4.72. The van der Waals surface area contributed by atoms with E-state index in [1.54, 1.807) is 12.1 Å². The summed E-state index contributed by atoms with van der Waals surface area (Å²) in [6, 6.07) is 15.0. The SMILES string of the molecule is O=C(Nc1nc2ccccc2o1)c1ccc2cc[nH]c2c1. The molecule has 2 heterocycles. The lowest BCUT2D eigenvalue weighted by Crippen LogP contribution is -2.11. The van der Waals surface area contributed by atoms with E-state index < -0.39 is 0 Å². The zero-order chi connectivity index (χ0) is 14.2. The number of benzene rings is 2. The van der Waals surface area contributed by atoms with Crippen LogP contribution in [0.4, 0.5) is 6.01 Å². The molecule has 1 amide bonds. The van der Waals surface area contributed by atoms with Crippen molar-refractivity contribution in [1.29, 1.82) is 0 Å². The molecule has 0 fully saturated rings. The van der Waals surface area contributed by atoms with Crippen LogP contribution in [0.5, 0.6) is 0 Å². The largest absolute Gasteiger partial charge is 0.423 e. The number of hydrogen-bond donors (Lipinski definition) is 2. The number of fused-ring (bicyclic) bond motifs is 2. The van der Waals surface area contributed by atoms with Crippen molar-refractivity contribution in [3.05, 3.63) is 60.3 Å². The predicted octanol–water partition coefficient (Wildman–Crippen LogP) is 3.56. The summed E-state index contributed by atoms with van der Waals surface area (Å²) in [5.74, 6) is -0.252. The van der Waals surface area contributed by atoms with E-state index in [0.29, 0.717) is 16.7 Å². The fraction of sp³-hybridized carbons (Fsp3) is 0. The van der Waals surface area contributed by atoms with Gasteiger partial charge in [-0.25, -0.2) is 0 Å². The molecular weight excluding hydrogens is 266 g/mol. The van der Waals surface area contributed by atoms with Gasteiger partial charge in [-0.15, -0.1) is 0 Å². The van der Waals surface area contributed by atoms with Crippen LogP contribution in [0.3, 0.4) is 0 Å². The van der Waals surface area contributed by atoms with Crippen LogP contribution in [0.2, 0.25) is 0 Å². The van der Waals surface area contributed by atoms with Crippen molar-refractivity contribution in [2.24, 2.45) is 0 Å². The summed E-state index contributed by atoms with van der Waals surface area (Å²) in [5.41, 5.74) is 2.83. The zero-order valence-corrected chi connectivity index (χ0v) is 11.0. The molecule has 5 heteroatoms. The Hall–Kier alpha value is -3.08. The van der Waals surface area contributed by atoms with E-state index in [0.717, 1.165) is 10.9 Å². The average molecular weight is 277 g/mol. The van der Waals surface area contributed by atoms with Gasteiger partial charge in [-0.05, 0) is 35.7 Å². The van der Waals surface area contributed by atoms with Gasteiger partial charge in [0.25, 0.3) is 5.91 Å². The van der Waals surface area contributed by atoms with Crippen LogP contribution in [-0.4, -0.2) is 15.9 Å². The first-order chi connectivity index (χ1) is 10.3. The first-order valence-electron chi connectivity index (χ1n) is 6.54. The molecule has 0 saturated heterocycles. The molecule has 2 aromatic carbocycles. The summed E-state index contributed by atoms with van der Waals surface area (Å²) in [5, 5.41) is 3.74. The summed E-state index contributed by atoms with van der Waals surface area (Å²) in [7, 11) is 0. The minimum absolute atomic E-state index is 0.202. The zero-order valence-electron chi connectivity index (χ0n) is 11.0. The van der Waals surface area contributed by atoms with Gasteiger partial charge in [0.05, 0.1) is 0 Å². The number of amides is 1. The highest BCUT2D eigenvalue weighted by atomic mass is 16.4. The number of H-pyrrole nitrogens is 1. The minimum atomic E-state index is -0.252. The molecule has 0 aliphatic rings. The van der Waals surface area contributed by atoms with Gasteiger partial charge in [0.1, 0.15) is 5.52 Å². The van der Waals surface area contributed by atoms with E-state index in [2.05, 4.69) is 15.3 Å². The van der Waals surface area contributed by atoms with Crippen molar-refractivity contribution in [2.45, 2.75) is 0 Å². The number of para-hydroxylation sites is 2. The fourth-order valence-electron chi connectivity index (χ4n) is 2.28. The number of carbonyl (C=O) groups is 1. The number of hydrogen-bond acceptors (Lipinski definition) is 3. The van der Waals surface area contributed by atoms with Crippen LogP contribution < -0.4 is 5.32 Å². The third-order valence-electron chi connectivity index (χ3n) is 3.33. The molecule has 0 spiro atoms. The Morgan fingerprint density at radius 2 is 2.05 bits per heavy atom. The Labute approximate surface area is 119 Å². The van der Waals surface area contributed by atoms with E-state index in [-0.39, 0.29) is 11.9 Å². The molecule has 102 valence electrons. The van der Waals surface area contributed by atoms with Gasteiger partial charge in [0.2, 0.25) is 0 Å². The molecule has 0 aliphatic heterocycles. The third kappa shape index (κ3) is 2.04. The van der Waals surface area contributed by atoms with Crippen molar-refractivity contribution in [1.82, 2.24) is 9.97 Å². The molecule has 0 atom stereocenters. The molecule has 0 aliphatic carbocycles. The van der Waals surface area contributed by atoms with Gasteiger partial charge in [-0.1, -0.05) is 18.2 Å². The Bertz CT molecular complexity index is 919. The molecule has 21 heavy (non-hydrogen) atoms. The van der Waals surface area contributed by atoms with Crippen molar-refractivity contribution in [3.63, 3.8) is 0 Å². The topological polar surface area (TPSA) is 70.9 Å². The number of carbonyl (C=O) groups excluding carboxylic acids is 1. The first-order valence-corrected chi connectivity index (χ1v) is 6.54. The van der Waals surface area contributed by atoms with E-state index >= 15 is 0 Å². The second-order valence-electron chi connectivity index (χ2n) is 4.72. The van der Waals surface area contributed by atoms with E-state index in [9.17, 15) is 4.79 Å². The maximum absolute atomic E-state index is 12.2. The van der Waals surface area contributed by atoms with Crippen LogP contribution in [0.25, 0.3) is 22.0 Å². The third-order valence-corrected chi connectivity index (χ3v) is 3.33. The molecule has 2 N–H and O–H groups in total. The number of oxazole rings is 1. The van der Waals surface area contributed by atoms with Gasteiger partial charge in [-0.3, -0.25) is 10.1 Å². The number of nitrogens with zero attached hydrogens (tertiary/aromatic N) is 1. The van der Waals surface area contributed by atoms with Crippen LogP contribution >= 0.6 is 0 Å². The van der Waals surface area contributed by atoms with Gasteiger partial charge in [-0.2, -0.15) is 4.98 Å². The maximum atomic E-state index is 12.2. The van der Waals surface area contributed by atoms with Crippen molar-refractivity contribution in [2.75, 3.05) is 5.32 Å².